The highest BCUT2D eigenvalue weighted by Crippen LogP contribution is 2.26. The lowest BCUT2D eigenvalue weighted by Crippen LogP contribution is -2.61. The van der Waals surface area contributed by atoms with Gasteiger partial charge in [-0.2, -0.15) is 0 Å². The molecule has 1 aliphatic heterocycles. The van der Waals surface area contributed by atoms with E-state index in [0.29, 0.717) is 25.7 Å². The van der Waals surface area contributed by atoms with Crippen LogP contribution in [0.3, 0.4) is 0 Å². The molecule has 3 N–H and O–H groups in total. The van der Waals surface area contributed by atoms with Crippen LogP contribution in [0.25, 0.3) is 0 Å². The molecule has 0 saturated carbocycles. The van der Waals surface area contributed by atoms with Crippen LogP contribution < -0.4 is 0 Å². The molecule has 6 unspecified atom stereocenters. The first-order valence-corrected chi connectivity index (χ1v) is 32.2. The van der Waals surface area contributed by atoms with Crippen molar-refractivity contribution < 1.29 is 58.2 Å². The van der Waals surface area contributed by atoms with Gasteiger partial charge in [0.15, 0.2) is 24.6 Å². The van der Waals surface area contributed by atoms with Crippen molar-refractivity contribution in [2.75, 3.05) is 13.2 Å². The number of carboxylic acids is 1. The first kappa shape index (κ1) is 75.9. The highest BCUT2D eigenvalue weighted by atomic mass is 16.7. The first-order valence-electron chi connectivity index (χ1n) is 32.2. The van der Waals surface area contributed by atoms with E-state index in [-0.39, 0.29) is 25.9 Å². The summed E-state index contributed by atoms with van der Waals surface area (Å²) in [7, 11) is 0. The fourth-order valence-electron chi connectivity index (χ4n) is 8.84. The largest absolute Gasteiger partial charge is 0.479 e. The number of ether oxygens (including phenoxy) is 5. The number of carbonyl (C=O) groups excluding carboxylic acids is 3. The van der Waals surface area contributed by atoms with Crippen molar-refractivity contribution in [2.45, 2.75) is 276 Å². The molecule has 0 radical (unpaired) electrons. The number of hydrogen-bond acceptors (Lipinski definition) is 11. The van der Waals surface area contributed by atoms with Crippen molar-refractivity contribution >= 4 is 23.9 Å². The molecule has 12 nitrogen and oxygen atoms in total. The van der Waals surface area contributed by atoms with Crippen molar-refractivity contribution in [1.29, 1.82) is 0 Å². The molecular weight excluding hydrogens is 1040 g/mol. The molecule has 0 bridgehead atoms. The van der Waals surface area contributed by atoms with Crippen LogP contribution in [-0.2, 0) is 42.9 Å². The molecule has 6 atom stereocenters. The normalized spacial score (nSPS) is 18.5. The predicted octanol–water partition coefficient (Wildman–Crippen LogP) is 17.3. The summed E-state index contributed by atoms with van der Waals surface area (Å²) in [5, 5.41) is 31.6. The molecular formula is C71H112O12. The summed E-state index contributed by atoms with van der Waals surface area (Å²) >= 11 is 0. The molecule has 1 aliphatic rings. The van der Waals surface area contributed by atoms with Crippen LogP contribution in [0.2, 0.25) is 0 Å². The van der Waals surface area contributed by atoms with E-state index in [1.807, 2.05) is 12.2 Å². The van der Waals surface area contributed by atoms with Gasteiger partial charge in [-0.15, -0.1) is 0 Å². The number of esters is 3. The van der Waals surface area contributed by atoms with Crippen LogP contribution in [0.4, 0.5) is 0 Å². The Hall–Kier alpha value is -5.14. The van der Waals surface area contributed by atoms with Gasteiger partial charge in [-0.05, 0) is 128 Å². The maximum Gasteiger partial charge on any atom is 0.335 e. The minimum absolute atomic E-state index is 0.0364. The van der Waals surface area contributed by atoms with Gasteiger partial charge in [0.25, 0.3) is 0 Å². The van der Waals surface area contributed by atoms with Crippen molar-refractivity contribution in [1.82, 2.24) is 0 Å². The van der Waals surface area contributed by atoms with Gasteiger partial charge < -0.3 is 39.0 Å². The Morgan fingerprint density at radius 2 is 0.771 bits per heavy atom. The number of unbranched alkanes of at least 4 members (excludes halogenated alkanes) is 17. The van der Waals surface area contributed by atoms with Crippen LogP contribution in [0.5, 0.6) is 0 Å². The lowest BCUT2D eigenvalue weighted by atomic mass is 9.98. The van der Waals surface area contributed by atoms with E-state index < -0.39 is 67.3 Å². The number of hydrogen-bond donors (Lipinski definition) is 3. The third-order valence-electron chi connectivity index (χ3n) is 13.7. The Balaban J connectivity index is 2.72. The SMILES string of the molecule is CC/C=C\C/C=C\C/C=C\C/C=C\C/C=C\CCCC(=O)OC(COC(=O)CCCCCCCC/C=C\C/C=C\C/C=C\C/C=C\CC)COC1OC(C(=O)O)C(O)C(O)C1OC(=O)CCCCCCCCC/C=C\C/C=C\CCCCC. The molecule has 1 heterocycles. The summed E-state index contributed by atoms with van der Waals surface area (Å²) in [6.07, 6.45) is 68.4. The van der Waals surface area contributed by atoms with E-state index in [2.05, 4.69) is 142 Å². The van der Waals surface area contributed by atoms with Crippen molar-refractivity contribution in [3.05, 3.63) is 134 Å². The molecule has 1 fully saturated rings. The molecule has 0 aromatic carbocycles. The van der Waals surface area contributed by atoms with Gasteiger partial charge in [-0.3, -0.25) is 14.4 Å². The van der Waals surface area contributed by atoms with Gasteiger partial charge in [0.05, 0.1) is 6.61 Å². The number of carboxylic acid groups (broad SMARTS) is 1. The number of carbonyl (C=O) groups is 4. The maximum atomic E-state index is 13.2. The van der Waals surface area contributed by atoms with Crippen LogP contribution >= 0.6 is 0 Å². The average Bonchev–Trinajstić information content (AvgIpc) is 3.59. The summed E-state index contributed by atoms with van der Waals surface area (Å²) in [4.78, 5) is 51.3. The van der Waals surface area contributed by atoms with Gasteiger partial charge in [0, 0.05) is 19.3 Å². The minimum atomic E-state index is -1.92. The molecule has 1 saturated heterocycles. The fourth-order valence-corrected chi connectivity index (χ4v) is 8.84. The van der Waals surface area contributed by atoms with Gasteiger partial charge in [0.2, 0.25) is 0 Å². The lowest BCUT2D eigenvalue weighted by molar-refractivity contribution is -0.301. The zero-order valence-electron chi connectivity index (χ0n) is 51.6. The molecule has 0 aromatic rings. The van der Waals surface area contributed by atoms with Crippen molar-refractivity contribution in [3.8, 4) is 0 Å². The van der Waals surface area contributed by atoms with Gasteiger partial charge in [-0.1, -0.05) is 225 Å². The number of aliphatic hydroxyl groups is 2. The molecule has 468 valence electrons. The molecule has 0 aromatic heterocycles. The number of rotatable bonds is 53. The van der Waals surface area contributed by atoms with E-state index in [1.54, 1.807) is 0 Å². The Morgan fingerprint density at radius 1 is 0.410 bits per heavy atom. The second-order valence-electron chi connectivity index (χ2n) is 21.3. The van der Waals surface area contributed by atoms with Crippen LogP contribution in [0, 0.1) is 0 Å². The zero-order chi connectivity index (χ0) is 60.3. The number of aliphatic hydroxyl groups excluding tert-OH is 2. The van der Waals surface area contributed by atoms with E-state index in [9.17, 15) is 34.5 Å². The quantitative estimate of drug-likeness (QED) is 0.0228. The smallest absolute Gasteiger partial charge is 0.335 e. The summed E-state index contributed by atoms with van der Waals surface area (Å²) < 4.78 is 28.4. The Kier molecular flexibility index (Phi) is 52.4. The summed E-state index contributed by atoms with van der Waals surface area (Å²) in [5.74, 6) is -3.24. The predicted molar refractivity (Wildman–Crippen MR) is 340 cm³/mol. The molecule has 0 spiro atoms. The average molecular weight is 1160 g/mol. The maximum absolute atomic E-state index is 13.2. The Morgan fingerprint density at radius 3 is 1.19 bits per heavy atom. The summed E-state index contributed by atoms with van der Waals surface area (Å²) in [6, 6.07) is 0. The zero-order valence-corrected chi connectivity index (χ0v) is 51.6. The van der Waals surface area contributed by atoms with Gasteiger partial charge in [0.1, 0.15) is 18.8 Å². The molecule has 1 rings (SSSR count). The van der Waals surface area contributed by atoms with E-state index >= 15 is 0 Å². The van der Waals surface area contributed by atoms with Crippen LogP contribution in [0.15, 0.2) is 134 Å². The first-order chi connectivity index (χ1) is 40.6. The van der Waals surface area contributed by atoms with E-state index in [0.717, 1.165) is 154 Å². The molecule has 83 heavy (non-hydrogen) atoms. The van der Waals surface area contributed by atoms with Crippen LogP contribution in [0.1, 0.15) is 239 Å². The van der Waals surface area contributed by atoms with Gasteiger partial charge >= 0.3 is 23.9 Å². The lowest BCUT2D eigenvalue weighted by Gasteiger charge is -2.40. The number of aliphatic carboxylic acids is 1. The summed E-state index contributed by atoms with van der Waals surface area (Å²) in [6.45, 7) is 5.69. The third kappa shape index (κ3) is 46.9. The van der Waals surface area contributed by atoms with Crippen molar-refractivity contribution in [2.24, 2.45) is 0 Å². The second-order valence-corrected chi connectivity index (χ2v) is 21.3. The minimum Gasteiger partial charge on any atom is -0.479 e. The van der Waals surface area contributed by atoms with Crippen molar-refractivity contribution in [3.63, 3.8) is 0 Å². The van der Waals surface area contributed by atoms with Gasteiger partial charge in [-0.25, -0.2) is 4.79 Å². The van der Waals surface area contributed by atoms with E-state index in [4.69, 9.17) is 23.7 Å². The summed E-state index contributed by atoms with van der Waals surface area (Å²) in [5.41, 5.74) is 0. The third-order valence-corrected chi connectivity index (χ3v) is 13.7. The molecule has 0 amide bonds. The monoisotopic (exact) mass is 1160 g/mol. The standard InChI is InChI=1S/C71H112O12/c1-4-7-10-13-16-19-22-25-28-31-32-35-36-39-42-45-48-51-54-57-63(72)79-60-62(81-64(73)58-55-52-49-46-43-40-37-33-29-26-23-20-17-14-11-8-5-2)61-80-71-69(67(76)66(75)68(83-71)70(77)78)82-65(74)59-56-53-50-47-44-41-38-34-30-27-24-21-18-15-12-9-6-3/h7-8,10-11,16-21,25-30,32,35,37,40,46,49,62,66-69,71,75-76H,4-6,9,12-15,22-24,31,33-34,36,38-39,41-45,47-48,50-61H2,1-3H3,(H,77,78)/b10-7-,11-8-,19-16-,20-17-,21-18-,28-25-,29-26-,30-27-,35-32-,40-37-,49-46-. The Labute approximate surface area is 502 Å². The highest BCUT2D eigenvalue weighted by molar-refractivity contribution is 5.74. The molecule has 0 aliphatic carbocycles. The molecule has 12 heteroatoms. The second kappa shape index (κ2) is 57.3. The number of allylic oxidation sites excluding steroid dienone is 22. The van der Waals surface area contributed by atoms with E-state index in [1.165, 1.54) is 19.3 Å². The van der Waals surface area contributed by atoms with Crippen LogP contribution in [-0.4, -0.2) is 89.2 Å². The Bertz CT molecular complexity index is 1950. The highest BCUT2D eigenvalue weighted by Gasteiger charge is 2.50. The topological polar surface area (TPSA) is 175 Å². The fraction of sp³-hybridized carbons (Fsp3) is 0.634.